The maximum Gasteiger partial charge on any atom is 0.225 e. The number of hydrogen-bond acceptors (Lipinski definition) is 5. The molecular weight excluding hydrogens is 366 g/mol. The minimum Gasteiger partial charge on any atom is -0.349 e. The minimum absolute atomic E-state index is 0.581. The first-order valence-electron chi connectivity index (χ1n) is 7.63. The standard InChI is InChI=1S/C18H18BrN5/c1-12-9-14(6-7-16(12)19)23-17-10-13(2)22-18(24-17)21-11-15-5-3-4-8-20-15/h3-10H,11H2,1-2H3,(H2,21,22,23,24). The topological polar surface area (TPSA) is 62.7 Å². The lowest BCUT2D eigenvalue weighted by molar-refractivity contribution is 0.991. The van der Waals surface area contributed by atoms with Crippen molar-refractivity contribution in [3.05, 3.63) is 70.1 Å². The smallest absolute Gasteiger partial charge is 0.225 e. The lowest BCUT2D eigenvalue weighted by atomic mass is 10.2. The Morgan fingerprint density at radius 1 is 1.04 bits per heavy atom. The Morgan fingerprint density at radius 3 is 2.67 bits per heavy atom. The molecule has 0 aliphatic rings. The second-order valence-electron chi connectivity index (χ2n) is 5.48. The van der Waals surface area contributed by atoms with Gasteiger partial charge in [0.25, 0.3) is 0 Å². The predicted octanol–water partition coefficient (Wildman–Crippen LogP) is 4.61. The van der Waals surface area contributed by atoms with Crippen LogP contribution in [0, 0.1) is 13.8 Å². The van der Waals surface area contributed by atoms with Gasteiger partial charge in [0.1, 0.15) is 5.82 Å². The molecule has 0 aliphatic heterocycles. The quantitative estimate of drug-likeness (QED) is 0.673. The zero-order chi connectivity index (χ0) is 16.9. The third kappa shape index (κ3) is 4.29. The summed E-state index contributed by atoms with van der Waals surface area (Å²) in [6, 6.07) is 13.8. The monoisotopic (exact) mass is 383 g/mol. The van der Waals surface area contributed by atoms with E-state index in [1.165, 1.54) is 5.56 Å². The van der Waals surface area contributed by atoms with Gasteiger partial charge in [-0.05, 0) is 49.7 Å². The Balaban J connectivity index is 1.74. The molecule has 0 aliphatic carbocycles. The van der Waals surface area contributed by atoms with Crippen molar-refractivity contribution < 1.29 is 0 Å². The Hall–Kier alpha value is -2.47. The average molecular weight is 384 g/mol. The van der Waals surface area contributed by atoms with E-state index in [1.807, 2.05) is 43.3 Å². The Labute approximate surface area is 149 Å². The first-order valence-corrected chi connectivity index (χ1v) is 8.42. The molecule has 2 N–H and O–H groups in total. The van der Waals surface area contributed by atoms with E-state index in [1.54, 1.807) is 6.20 Å². The van der Waals surface area contributed by atoms with Gasteiger partial charge in [-0.1, -0.05) is 22.0 Å². The molecule has 0 unspecified atom stereocenters. The van der Waals surface area contributed by atoms with Crippen LogP contribution in [0.1, 0.15) is 17.0 Å². The van der Waals surface area contributed by atoms with E-state index in [0.717, 1.165) is 27.4 Å². The van der Waals surface area contributed by atoms with E-state index < -0.39 is 0 Å². The number of nitrogens with zero attached hydrogens (tertiary/aromatic N) is 3. The van der Waals surface area contributed by atoms with Crippen molar-refractivity contribution in [2.75, 3.05) is 10.6 Å². The van der Waals surface area contributed by atoms with Crippen LogP contribution in [0.2, 0.25) is 0 Å². The van der Waals surface area contributed by atoms with Crippen molar-refractivity contribution in [2.45, 2.75) is 20.4 Å². The van der Waals surface area contributed by atoms with Gasteiger partial charge >= 0.3 is 0 Å². The molecule has 0 radical (unpaired) electrons. The summed E-state index contributed by atoms with van der Waals surface area (Å²) in [5.74, 6) is 1.34. The highest BCUT2D eigenvalue weighted by atomic mass is 79.9. The van der Waals surface area contributed by atoms with Crippen molar-refractivity contribution >= 4 is 33.4 Å². The molecule has 0 fully saturated rings. The van der Waals surface area contributed by atoms with Gasteiger partial charge in [-0.3, -0.25) is 4.98 Å². The average Bonchev–Trinajstić information content (AvgIpc) is 2.57. The fraction of sp³-hybridized carbons (Fsp3) is 0.167. The van der Waals surface area contributed by atoms with Crippen LogP contribution in [0.5, 0.6) is 0 Å². The molecule has 5 nitrogen and oxygen atoms in total. The van der Waals surface area contributed by atoms with Gasteiger partial charge in [0.05, 0.1) is 12.2 Å². The highest BCUT2D eigenvalue weighted by Gasteiger charge is 2.04. The SMILES string of the molecule is Cc1cc(Nc2ccc(Br)c(C)c2)nc(NCc2ccccn2)n1. The van der Waals surface area contributed by atoms with Crippen molar-refractivity contribution in [2.24, 2.45) is 0 Å². The van der Waals surface area contributed by atoms with Crippen molar-refractivity contribution in [3.8, 4) is 0 Å². The van der Waals surface area contributed by atoms with Crippen LogP contribution in [-0.2, 0) is 6.54 Å². The summed E-state index contributed by atoms with van der Waals surface area (Å²) < 4.78 is 1.09. The van der Waals surface area contributed by atoms with Crippen molar-refractivity contribution in [3.63, 3.8) is 0 Å². The number of aryl methyl sites for hydroxylation is 2. The lowest BCUT2D eigenvalue weighted by Gasteiger charge is -2.11. The molecule has 3 rings (SSSR count). The molecule has 2 aromatic heterocycles. The normalized spacial score (nSPS) is 10.5. The maximum absolute atomic E-state index is 4.52. The summed E-state index contributed by atoms with van der Waals surface area (Å²) in [6.07, 6.45) is 1.77. The summed E-state index contributed by atoms with van der Waals surface area (Å²) in [5, 5.41) is 6.54. The number of aromatic nitrogens is 3. The number of benzene rings is 1. The van der Waals surface area contributed by atoms with E-state index in [0.29, 0.717) is 12.5 Å². The van der Waals surface area contributed by atoms with E-state index in [2.05, 4.69) is 54.5 Å². The minimum atomic E-state index is 0.581. The van der Waals surface area contributed by atoms with Crippen LogP contribution in [0.4, 0.5) is 17.5 Å². The van der Waals surface area contributed by atoms with E-state index in [-0.39, 0.29) is 0 Å². The highest BCUT2D eigenvalue weighted by molar-refractivity contribution is 9.10. The van der Waals surface area contributed by atoms with Gasteiger partial charge in [-0.2, -0.15) is 4.98 Å². The highest BCUT2D eigenvalue weighted by Crippen LogP contribution is 2.23. The molecule has 6 heteroatoms. The largest absolute Gasteiger partial charge is 0.349 e. The number of halogens is 1. The van der Waals surface area contributed by atoms with Gasteiger partial charge in [-0.25, -0.2) is 4.98 Å². The predicted molar refractivity (Wildman–Crippen MR) is 100 cm³/mol. The van der Waals surface area contributed by atoms with Crippen LogP contribution in [0.3, 0.4) is 0 Å². The number of rotatable bonds is 5. The molecule has 0 atom stereocenters. The fourth-order valence-corrected chi connectivity index (χ4v) is 2.50. The fourth-order valence-electron chi connectivity index (χ4n) is 2.25. The molecule has 0 bridgehead atoms. The van der Waals surface area contributed by atoms with Gasteiger partial charge < -0.3 is 10.6 Å². The molecule has 2 heterocycles. The summed E-state index contributed by atoms with van der Waals surface area (Å²) in [4.78, 5) is 13.2. The van der Waals surface area contributed by atoms with Crippen LogP contribution >= 0.6 is 15.9 Å². The maximum atomic E-state index is 4.52. The van der Waals surface area contributed by atoms with Crippen molar-refractivity contribution in [1.29, 1.82) is 0 Å². The van der Waals surface area contributed by atoms with E-state index in [9.17, 15) is 0 Å². The number of hydrogen-bond donors (Lipinski definition) is 2. The van der Waals surface area contributed by atoms with E-state index in [4.69, 9.17) is 0 Å². The Bertz CT molecular complexity index is 836. The molecule has 24 heavy (non-hydrogen) atoms. The molecule has 0 amide bonds. The summed E-state index contributed by atoms with van der Waals surface area (Å²) in [7, 11) is 0. The van der Waals surface area contributed by atoms with Crippen LogP contribution < -0.4 is 10.6 Å². The van der Waals surface area contributed by atoms with Gasteiger partial charge in [0, 0.05) is 28.1 Å². The summed E-state index contributed by atoms with van der Waals surface area (Å²) in [6.45, 7) is 4.59. The van der Waals surface area contributed by atoms with Gasteiger partial charge in [0.15, 0.2) is 0 Å². The second-order valence-corrected chi connectivity index (χ2v) is 6.34. The lowest BCUT2D eigenvalue weighted by Crippen LogP contribution is -2.07. The Kier molecular flexibility index (Phi) is 5.05. The number of anilines is 3. The molecule has 0 saturated heterocycles. The summed E-state index contributed by atoms with van der Waals surface area (Å²) >= 11 is 3.51. The first-order chi connectivity index (χ1) is 11.6. The van der Waals surface area contributed by atoms with Crippen LogP contribution in [0.15, 0.2) is 53.1 Å². The third-order valence-electron chi connectivity index (χ3n) is 3.44. The van der Waals surface area contributed by atoms with Gasteiger partial charge in [0.2, 0.25) is 5.95 Å². The third-order valence-corrected chi connectivity index (χ3v) is 4.33. The van der Waals surface area contributed by atoms with Crippen LogP contribution in [-0.4, -0.2) is 15.0 Å². The molecule has 1 aromatic carbocycles. The molecule has 0 spiro atoms. The zero-order valence-corrected chi connectivity index (χ0v) is 15.1. The second kappa shape index (κ2) is 7.40. The molecule has 0 saturated carbocycles. The molecular formula is C18H18BrN5. The zero-order valence-electron chi connectivity index (χ0n) is 13.5. The molecule has 122 valence electrons. The van der Waals surface area contributed by atoms with E-state index >= 15 is 0 Å². The Morgan fingerprint density at radius 2 is 1.92 bits per heavy atom. The molecule has 3 aromatic rings. The first kappa shape index (κ1) is 16.4. The van der Waals surface area contributed by atoms with Gasteiger partial charge in [-0.15, -0.1) is 0 Å². The number of nitrogens with one attached hydrogen (secondary N) is 2. The van der Waals surface area contributed by atoms with Crippen molar-refractivity contribution in [1.82, 2.24) is 15.0 Å². The number of pyridine rings is 1. The summed E-state index contributed by atoms with van der Waals surface area (Å²) in [5.41, 5.74) is 3.99. The van der Waals surface area contributed by atoms with Crippen LogP contribution in [0.25, 0.3) is 0 Å².